The fourth-order valence-electron chi connectivity index (χ4n) is 1.77. The van der Waals surface area contributed by atoms with Crippen molar-refractivity contribution in [3.63, 3.8) is 0 Å². The molecule has 1 N–H and O–H groups in total. The standard InChI is InChI=1S/C13H15N5O2/c1-3-5-15-13-16-8-11(18(19)20)12(17-13)10-4-6-14-7-9(10)2/h4,6-8H,3,5H2,1-2H3,(H,15,16,17). The summed E-state index contributed by atoms with van der Waals surface area (Å²) in [7, 11) is 0. The number of nitrogens with one attached hydrogen (secondary N) is 1. The van der Waals surface area contributed by atoms with Gasteiger partial charge in [-0.1, -0.05) is 6.92 Å². The smallest absolute Gasteiger partial charge is 0.313 e. The number of hydrogen-bond acceptors (Lipinski definition) is 6. The Morgan fingerprint density at radius 2 is 2.20 bits per heavy atom. The molecule has 0 amide bonds. The summed E-state index contributed by atoms with van der Waals surface area (Å²) >= 11 is 0. The molecule has 0 saturated heterocycles. The van der Waals surface area contributed by atoms with E-state index in [0.29, 0.717) is 23.8 Å². The van der Waals surface area contributed by atoms with Gasteiger partial charge in [-0.3, -0.25) is 15.1 Å². The third-order valence-electron chi connectivity index (χ3n) is 2.77. The maximum Gasteiger partial charge on any atom is 0.313 e. The number of nitrogens with zero attached hydrogens (tertiary/aromatic N) is 4. The summed E-state index contributed by atoms with van der Waals surface area (Å²) in [6.07, 6.45) is 5.40. The first-order valence-electron chi connectivity index (χ1n) is 6.29. The van der Waals surface area contributed by atoms with Crippen LogP contribution in [0.25, 0.3) is 11.3 Å². The molecule has 0 atom stereocenters. The van der Waals surface area contributed by atoms with Crippen molar-refractivity contribution in [2.75, 3.05) is 11.9 Å². The Hall–Kier alpha value is -2.57. The normalized spacial score (nSPS) is 10.3. The zero-order valence-electron chi connectivity index (χ0n) is 11.3. The fourth-order valence-corrected chi connectivity index (χ4v) is 1.77. The lowest BCUT2D eigenvalue weighted by Crippen LogP contribution is -2.06. The molecule has 0 aliphatic heterocycles. The van der Waals surface area contributed by atoms with E-state index < -0.39 is 4.92 Å². The van der Waals surface area contributed by atoms with Gasteiger partial charge in [0.25, 0.3) is 0 Å². The molecule has 2 aromatic rings. The lowest BCUT2D eigenvalue weighted by molar-refractivity contribution is -0.384. The molecule has 2 heterocycles. The molecule has 104 valence electrons. The maximum atomic E-state index is 11.1. The predicted molar refractivity (Wildman–Crippen MR) is 75.4 cm³/mol. The van der Waals surface area contributed by atoms with Crippen LogP contribution in [0.2, 0.25) is 0 Å². The Labute approximate surface area is 116 Å². The number of pyridine rings is 1. The molecule has 0 aliphatic rings. The van der Waals surface area contributed by atoms with Crippen molar-refractivity contribution < 1.29 is 4.92 Å². The van der Waals surface area contributed by atoms with Gasteiger partial charge in [0.05, 0.1) is 4.92 Å². The third kappa shape index (κ3) is 2.87. The minimum atomic E-state index is -0.473. The number of rotatable bonds is 5. The van der Waals surface area contributed by atoms with Crippen LogP contribution in [0.5, 0.6) is 0 Å². The van der Waals surface area contributed by atoms with Crippen LogP contribution in [0.1, 0.15) is 18.9 Å². The zero-order chi connectivity index (χ0) is 14.5. The molecule has 0 aromatic carbocycles. The van der Waals surface area contributed by atoms with Crippen LogP contribution in [0.15, 0.2) is 24.7 Å². The molecular weight excluding hydrogens is 258 g/mol. The van der Waals surface area contributed by atoms with E-state index >= 15 is 0 Å². The van der Waals surface area contributed by atoms with Crippen molar-refractivity contribution in [2.45, 2.75) is 20.3 Å². The van der Waals surface area contributed by atoms with E-state index in [0.717, 1.165) is 12.0 Å². The van der Waals surface area contributed by atoms with Gasteiger partial charge in [-0.05, 0) is 25.0 Å². The van der Waals surface area contributed by atoms with Gasteiger partial charge in [0, 0.05) is 24.5 Å². The molecule has 0 spiro atoms. The van der Waals surface area contributed by atoms with Crippen LogP contribution in [-0.2, 0) is 0 Å². The van der Waals surface area contributed by atoms with Gasteiger partial charge in [-0.15, -0.1) is 0 Å². The monoisotopic (exact) mass is 273 g/mol. The second-order valence-corrected chi connectivity index (χ2v) is 4.30. The molecule has 0 bridgehead atoms. The van der Waals surface area contributed by atoms with Gasteiger partial charge >= 0.3 is 5.69 Å². The first-order chi connectivity index (χ1) is 9.63. The largest absolute Gasteiger partial charge is 0.354 e. The molecule has 7 nitrogen and oxygen atoms in total. The average Bonchev–Trinajstić information content (AvgIpc) is 2.45. The Balaban J connectivity index is 2.53. The van der Waals surface area contributed by atoms with Gasteiger partial charge in [0.15, 0.2) is 5.69 Å². The van der Waals surface area contributed by atoms with E-state index in [2.05, 4.69) is 20.3 Å². The van der Waals surface area contributed by atoms with E-state index in [4.69, 9.17) is 0 Å². The van der Waals surface area contributed by atoms with Gasteiger partial charge < -0.3 is 5.32 Å². The van der Waals surface area contributed by atoms with Crippen LogP contribution >= 0.6 is 0 Å². The Morgan fingerprint density at radius 1 is 1.40 bits per heavy atom. The molecule has 0 radical (unpaired) electrons. The van der Waals surface area contributed by atoms with Crippen molar-refractivity contribution in [1.29, 1.82) is 0 Å². The van der Waals surface area contributed by atoms with Crippen LogP contribution in [0.3, 0.4) is 0 Å². The van der Waals surface area contributed by atoms with E-state index in [-0.39, 0.29) is 5.69 Å². The molecule has 0 unspecified atom stereocenters. The molecule has 7 heteroatoms. The third-order valence-corrected chi connectivity index (χ3v) is 2.77. The highest BCUT2D eigenvalue weighted by atomic mass is 16.6. The van der Waals surface area contributed by atoms with Crippen molar-refractivity contribution in [3.05, 3.63) is 40.3 Å². The highest BCUT2D eigenvalue weighted by Gasteiger charge is 2.20. The first kappa shape index (κ1) is 13.9. The minimum Gasteiger partial charge on any atom is -0.354 e. The van der Waals surface area contributed by atoms with Crippen LogP contribution in [-0.4, -0.2) is 26.4 Å². The van der Waals surface area contributed by atoms with Gasteiger partial charge in [-0.25, -0.2) is 9.97 Å². The van der Waals surface area contributed by atoms with Gasteiger partial charge in [0.2, 0.25) is 5.95 Å². The van der Waals surface area contributed by atoms with Crippen LogP contribution in [0, 0.1) is 17.0 Å². The summed E-state index contributed by atoms with van der Waals surface area (Å²) in [4.78, 5) is 22.9. The first-order valence-corrected chi connectivity index (χ1v) is 6.29. The van der Waals surface area contributed by atoms with Crippen molar-refractivity contribution >= 4 is 11.6 Å². The van der Waals surface area contributed by atoms with E-state index in [9.17, 15) is 10.1 Å². The summed E-state index contributed by atoms with van der Waals surface area (Å²) in [5.41, 5.74) is 1.72. The van der Waals surface area contributed by atoms with Crippen molar-refractivity contribution in [1.82, 2.24) is 15.0 Å². The Kier molecular flexibility index (Phi) is 4.19. The van der Waals surface area contributed by atoms with E-state index in [1.165, 1.54) is 6.20 Å². The number of hydrogen-bond donors (Lipinski definition) is 1. The molecular formula is C13H15N5O2. The molecule has 0 saturated carbocycles. The molecule has 20 heavy (non-hydrogen) atoms. The quantitative estimate of drug-likeness (QED) is 0.664. The highest BCUT2D eigenvalue weighted by Crippen LogP contribution is 2.29. The van der Waals surface area contributed by atoms with Crippen LogP contribution < -0.4 is 5.32 Å². The SMILES string of the molecule is CCCNc1ncc([N+](=O)[O-])c(-c2ccncc2C)n1. The Bertz CT molecular complexity index is 630. The Morgan fingerprint density at radius 3 is 2.85 bits per heavy atom. The summed E-state index contributed by atoms with van der Waals surface area (Å²) < 4.78 is 0. The lowest BCUT2D eigenvalue weighted by Gasteiger charge is -2.08. The number of anilines is 1. The summed E-state index contributed by atoms with van der Waals surface area (Å²) in [5.74, 6) is 0.392. The lowest BCUT2D eigenvalue weighted by atomic mass is 10.1. The second-order valence-electron chi connectivity index (χ2n) is 4.30. The molecule has 2 rings (SSSR count). The van der Waals surface area contributed by atoms with Gasteiger partial charge in [-0.2, -0.15) is 0 Å². The zero-order valence-corrected chi connectivity index (χ0v) is 11.3. The predicted octanol–water partition coefficient (Wildman–Crippen LogP) is 2.58. The topological polar surface area (TPSA) is 93.8 Å². The highest BCUT2D eigenvalue weighted by molar-refractivity contribution is 5.72. The summed E-state index contributed by atoms with van der Waals surface area (Å²) in [6, 6.07) is 1.72. The molecule has 0 fully saturated rings. The number of aryl methyl sites for hydroxylation is 1. The van der Waals surface area contributed by atoms with Gasteiger partial charge in [0.1, 0.15) is 6.20 Å². The molecule has 0 aliphatic carbocycles. The number of nitro groups is 1. The average molecular weight is 273 g/mol. The van der Waals surface area contributed by atoms with Crippen molar-refractivity contribution in [2.24, 2.45) is 0 Å². The molecule has 2 aromatic heterocycles. The fraction of sp³-hybridized carbons (Fsp3) is 0.308. The van der Waals surface area contributed by atoms with E-state index in [1.54, 1.807) is 18.5 Å². The summed E-state index contributed by atoms with van der Waals surface area (Å²) in [5, 5.41) is 14.2. The minimum absolute atomic E-state index is 0.110. The number of aromatic nitrogens is 3. The maximum absolute atomic E-state index is 11.1. The summed E-state index contributed by atoms with van der Waals surface area (Å²) in [6.45, 7) is 4.58. The second kappa shape index (κ2) is 6.05. The van der Waals surface area contributed by atoms with E-state index in [1.807, 2.05) is 13.8 Å². The van der Waals surface area contributed by atoms with Crippen molar-refractivity contribution in [3.8, 4) is 11.3 Å². The van der Waals surface area contributed by atoms with Crippen LogP contribution in [0.4, 0.5) is 11.6 Å².